The molecule has 1 aromatic carbocycles. The molecule has 2 nitrogen and oxygen atoms in total. The number of nitriles is 1. The topological polar surface area (TPSA) is 33.0 Å². The van der Waals surface area contributed by atoms with Gasteiger partial charge in [-0.25, -0.2) is 0 Å². The smallest absolute Gasteiger partial charge is 0.185 e. The highest BCUT2D eigenvalue weighted by atomic mass is 28.4. The highest BCUT2D eigenvalue weighted by Crippen LogP contribution is 2.33. The van der Waals surface area contributed by atoms with Gasteiger partial charge in [0.05, 0.1) is 6.07 Å². The maximum absolute atomic E-state index is 9.48. The van der Waals surface area contributed by atoms with Gasteiger partial charge in [-0.1, -0.05) is 24.3 Å². The minimum Gasteiger partial charge on any atom is -0.400 e. The normalized spacial score (nSPS) is 23.9. The summed E-state index contributed by atoms with van der Waals surface area (Å²) in [6.07, 6.45) is 2.52. The van der Waals surface area contributed by atoms with Crippen molar-refractivity contribution < 1.29 is 4.43 Å². The molecule has 3 heteroatoms. The Balaban J connectivity index is 2.27. The second kappa shape index (κ2) is 4.28. The van der Waals surface area contributed by atoms with Crippen LogP contribution in [-0.4, -0.2) is 13.9 Å². The van der Waals surface area contributed by atoms with Crippen LogP contribution in [0.2, 0.25) is 19.6 Å². The Labute approximate surface area is 104 Å². The van der Waals surface area contributed by atoms with Gasteiger partial charge in [0, 0.05) is 6.42 Å². The van der Waals surface area contributed by atoms with Gasteiger partial charge in [0.25, 0.3) is 0 Å². The van der Waals surface area contributed by atoms with Crippen LogP contribution in [0.4, 0.5) is 0 Å². The second-order valence-electron chi connectivity index (χ2n) is 5.77. The summed E-state index contributed by atoms with van der Waals surface area (Å²) in [5.41, 5.74) is 2.06. The lowest BCUT2D eigenvalue weighted by Crippen LogP contribution is -2.45. The molecule has 0 saturated heterocycles. The first-order valence-electron chi connectivity index (χ1n) is 6.12. The molecule has 0 fully saturated rings. The first kappa shape index (κ1) is 12.3. The molecule has 0 saturated carbocycles. The zero-order chi connectivity index (χ0) is 12.5. The standard InChI is InChI=1S/C14H19NOSi/c1-17(2,3)16-14(11-15)9-8-12-6-4-5-7-13(12)10-14/h4-7H,8-10H2,1-3H3. The van der Waals surface area contributed by atoms with Crippen molar-refractivity contribution >= 4 is 8.32 Å². The number of fused-ring (bicyclic) bond motifs is 1. The molecular formula is C14H19NOSi. The van der Waals surface area contributed by atoms with Gasteiger partial charge in [-0.15, -0.1) is 0 Å². The molecule has 0 spiro atoms. The Morgan fingerprint density at radius 2 is 1.88 bits per heavy atom. The second-order valence-corrected chi connectivity index (χ2v) is 10.2. The molecule has 1 atom stereocenters. The van der Waals surface area contributed by atoms with Crippen LogP contribution in [0.1, 0.15) is 17.5 Å². The highest BCUT2D eigenvalue weighted by molar-refractivity contribution is 6.69. The van der Waals surface area contributed by atoms with Crippen LogP contribution in [-0.2, 0) is 17.3 Å². The van der Waals surface area contributed by atoms with Crippen molar-refractivity contribution in [1.29, 1.82) is 5.26 Å². The predicted molar refractivity (Wildman–Crippen MR) is 71.2 cm³/mol. The van der Waals surface area contributed by atoms with Gasteiger partial charge in [0.15, 0.2) is 8.32 Å². The average molecular weight is 245 g/mol. The Bertz CT molecular complexity index is 458. The van der Waals surface area contributed by atoms with E-state index >= 15 is 0 Å². The first-order valence-corrected chi connectivity index (χ1v) is 9.53. The number of benzene rings is 1. The van der Waals surface area contributed by atoms with Crippen LogP contribution in [0.15, 0.2) is 24.3 Å². The van der Waals surface area contributed by atoms with E-state index in [9.17, 15) is 5.26 Å². The van der Waals surface area contributed by atoms with E-state index in [4.69, 9.17) is 4.43 Å². The summed E-state index contributed by atoms with van der Waals surface area (Å²) in [7, 11) is -1.68. The molecular weight excluding hydrogens is 226 g/mol. The van der Waals surface area contributed by atoms with E-state index in [1.54, 1.807) is 0 Å². The van der Waals surface area contributed by atoms with Crippen molar-refractivity contribution in [2.24, 2.45) is 0 Å². The third kappa shape index (κ3) is 2.77. The van der Waals surface area contributed by atoms with Crippen molar-refractivity contribution in [3.05, 3.63) is 35.4 Å². The van der Waals surface area contributed by atoms with E-state index in [1.165, 1.54) is 11.1 Å². The lowest BCUT2D eigenvalue weighted by Gasteiger charge is -2.37. The van der Waals surface area contributed by atoms with E-state index in [0.717, 1.165) is 19.3 Å². The molecule has 0 amide bonds. The summed E-state index contributed by atoms with van der Waals surface area (Å²) in [6, 6.07) is 10.8. The minimum atomic E-state index is -1.68. The van der Waals surface area contributed by atoms with Crippen molar-refractivity contribution in [2.45, 2.75) is 44.5 Å². The molecule has 0 bridgehead atoms. The minimum absolute atomic E-state index is 0.584. The fourth-order valence-electron chi connectivity index (χ4n) is 2.50. The summed E-state index contributed by atoms with van der Waals surface area (Å²) >= 11 is 0. The van der Waals surface area contributed by atoms with Crippen molar-refractivity contribution in [3.63, 3.8) is 0 Å². The molecule has 90 valence electrons. The van der Waals surface area contributed by atoms with E-state index in [-0.39, 0.29) is 0 Å². The lowest BCUT2D eigenvalue weighted by molar-refractivity contribution is 0.104. The molecule has 1 aromatic rings. The third-order valence-corrected chi connectivity index (χ3v) is 4.10. The van der Waals surface area contributed by atoms with Crippen LogP contribution in [0.25, 0.3) is 0 Å². The molecule has 0 aliphatic heterocycles. The van der Waals surface area contributed by atoms with E-state index < -0.39 is 13.9 Å². The maximum atomic E-state index is 9.48. The fourth-order valence-corrected chi connectivity index (χ4v) is 3.89. The zero-order valence-corrected chi connectivity index (χ0v) is 11.8. The SMILES string of the molecule is C[Si](C)(C)OC1(C#N)CCc2ccccc2C1. The molecule has 0 radical (unpaired) electrons. The number of rotatable bonds is 2. The lowest BCUT2D eigenvalue weighted by atomic mass is 9.81. The first-order chi connectivity index (χ1) is 7.94. The Morgan fingerprint density at radius 3 is 2.47 bits per heavy atom. The molecule has 1 unspecified atom stereocenters. The fraction of sp³-hybridized carbons (Fsp3) is 0.500. The van der Waals surface area contributed by atoms with E-state index in [2.05, 4.69) is 43.9 Å². The number of aryl methyl sites for hydroxylation is 1. The van der Waals surface area contributed by atoms with E-state index in [0.29, 0.717) is 0 Å². The van der Waals surface area contributed by atoms with E-state index in [1.807, 2.05) is 6.07 Å². The summed E-state index contributed by atoms with van der Waals surface area (Å²) in [4.78, 5) is 0. The van der Waals surface area contributed by atoms with Gasteiger partial charge in [0.2, 0.25) is 0 Å². The molecule has 2 rings (SSSR count). The van der Waals surface area contributed by atoms with Crippen LogP contribution in [0.5, 0.6) is 0 Å². The van der Waals surface area contributed by atoms with Gasteiger partial charge in [0.1, 0.15) is 5.60 Å². The van der Waals surface area contributed by atoms with Crippen LogP contribution in [0, 0.1) is 11.3 Å². The number of hydrogen-bond acceptors (Lipinski definition) is 2. The summed E-state index contributed by atoms with van der Waals surface area (Å²) in [5, 5.41) is 9.48. The molecule has 17 heavy (non-hydrogen) atoms. The van der Waals surface area contributed by atoms with Crippen LogP contribution in [0.3, 0.4) is 0 Å². The third-order valence-electron chi connectivity index (χ3n) is 3.10. The molecule has 0 N–H and O–H groups in total. The number of hydrogen-bond donors (Lipinski definition) is 0. The number of nitrogens with zero attached hydrogens (tertiary/aromatic N) is 1. The Morgan fingerprint density at radius 1 is 1.24 bits per heavy atom. The van der Waals surface area contributed by atoms with Crippen LogP contribution < -0.4 is 0 Å². The molecule has 1 aliphatic rings. The Hall–Kier alpha value is -1.11. The average Bonchev–Trinajstić information content (AvgIpc) is 2.27. The molecule has 0 aromatic heterocycles. The largest absolute Gasteiger partial charge is 0.400 e. The zero-order valence-electron chi connectivity index (χ0n) is 10.8. The monoisotopic (exact) mass is 245 g/mol. The van der Waals surface area contributed by atoms with Gasteiger partial charge in [-0.3, -0.25) is 0 Å². The molecule has 0 heterocycles. The van der Waals surface area contributed by atoms with Crippen molar-refractivity contribution in [3.8, 4) is 6.07 Å². The van der Waals surface area contributed by atoms with Gasteiger partial charge in [-0.2, -0.15) is 5.26 Å². The summed E-state index contributed by atoms with van der Waals surface area (Å²) in [6.45, 7) is 6.44. The maximum Gasteiger partial charge on any atom is 0.185 e. The quantitative estimate of drug-likeness (QED) is 0.749. The Kier molecular flexibility index (Phi) is 3.11. The summed E-state index contributed by atoms with van der Waals surface area (Å²) < 4.78 is 6.15. The highest BCUT2D eigenvalue weighted by Gasteiger charge is 2.39. The van der Waals surface area contributed by atoms with Crippen LogP contribution >= 0.6 is 0 Å². The predicted octanol–water partition coefficient (Wildman–Crippen LogP) is 3.29. The van der Waals surface area contributed by atoms with Gasteiger partial charge in [-0.05, 0) is 43.6 Å². The van der Waals surface area contributed by atoms with Crippen molar-refractivity contribution in [1.82, 2.24) is 0 Å². The molecule has 1 aliphatic carbocycles. The van der Waals surface area contributed by atoms with Crippen molar-refractivity contribution in [2.75, 3.05) is 0 Å². The van der Waals surface area contributed by atoms with Gasteiger partial charge < -0.3 is 4.43 Å². The van der Waals surface area contributed by atoms with Gasteiger partial charge >= 0.3 is 0 Å². The summed E-state index contributed by atoms with van der Waals surface area (Å²) in [5.74, 6) is 0.